The second kappa shape index (κ2) is 4.26. The fraction of sp³-hybridized carbons (Fsp3) is 0.222. The van der Waals surface area contributed by atoms with Crippen LogP contribution in [0, 0.1) is 6.92 Å². The molecule has 0 fully saturated rings. The first kappa shape index (κ1) is 9.26. The van der Waals surface area contributed by atoms with E-state index in [9.17, 15) is 5.11 Å². The fourth-order valence-electron chi connectivity index (χ4n) is 0.848. The molecule has 2 nitrogen and oxygen atoms in total. The van der Waals surface area contributed by atoms with Crippen LogP contribution >= 0.6 is 15.9 Å². The molecule has 0 aliphatic heterocycles. The van der Waals surface area contributed by atoms with Gasteiger partial charge in [0.15, 0.2) is 0 Å². The number of aromatic hydroxyl groups is 1. The van der Waals surface area contributed by atoms with Crippen molar-refractivity contribution in [3.05, 3.63) is 29.6 Å². The number of alkyl halides is 1. The van der Waals surface area contributed by atoms with Crippen LogP contribution in [0.4, 0.5) is 0 Å². The highest BCUT2D eigenvalue weighted by atomic mass is 79.9. The average Bonchev–Trinajstić information content (AvgIpc) is 2.07. The van der Waals surface area contributed by atoms with Gasteiger partial charge in [0.25, 0.3) is 0 Å². The van der Waals surface area contributed by atoms with E-state index in [0.29, 0.717) is 5.69 Å². The van der Waals surface area contributed by atoms with Crippen LogP contribution in [-0.4, -0.2) is 15.4 Å². The second-order valence-electron chi connectivity index (χ2n) is 2.41. The Kier molecular flexibility index (Phi) is 3.29. The first-order chi connectivity index (χ1) is 5.74. The molecule has 0 aromatic carbocycles. The number of aryl methyl sites for hydroxylation is 1. The van der Waals surface area contributed by atoms with Crippen LogP contribution in [0.2, 0.25) is 0 Å². The number of nitrogens with zero attached hydrogens (tertiary/aromatic N) is 1. The lowest BCUT2D eigenvalue weighted by Gasteiger charge is -1.98. The van der Waals surface area contributed by atoms with Gasteiger partial charge in [-0.05, 0) is 25.1 Å². The minimum Gasteiger partial charge on any atom is -0.506 e. The third-order valence-electron chi connectivity index (χ3n) is 1.41. The Morgan fingerprint density at radius 3 is 3.00 bits per heavy atom. The highest BCUT2D eigenvalue weighted by molar-refractivity contribution is 9.09. The summed E-state index contributed by atoms with van der Waals surface area (Å²) in [5.41, 5.74) is 1.52. The molecular weight excluding hydrogens is 218 g/mol. The lowest BCUT2D eigenvalue weighted by atomic mass is 10.2. The van der Waals surface area contributed by atoms with Gasteiger partial charge >= 0.3 is 0 Å². The van der Waals surface area contributed by atoms with Crippen molar-refractivity contribution < 1.29 is 5.11 Å². The highest BCUT2D eigenvalue weighted by Gasteiger charge is 1.97. The van der Waals surface area contributed by atoms with Crippen molar-refractivity contribution in [1.29, 1.82) is 0 Å². The van der Waals surface area contributed by atoms with Crippen LogP contribution < -0.4 is 0 Å². The smallest absolute Gasteiger partial charge is 0.141 e. The quantitative estimate of drug-likeness (QED) is 0.789. The van der Waals surface area contributed by atoms with E-state index in [1.165, 1.54) is 0 Å². The normalized spacial score (nSPS) is 10.8. The van der Waals surface area contributed by atoms with Crippen LogP contribution in [0.15, 0.2) is 18.2 Å². The van der Waals surface area contributed by atoms with Crippen molar-refractivity contribution in [2.45, 2.75) is 6.92 Å². The summed E-state index contributed by atoms with van der Waals surface area (Å²) < 4.78 is 0. The molecule has 0 atom stereocenters. The molecule has 1 heterocycles. The molecule has 12 heavy (non-hydrogen) atoms. The maximum Gasteiger partial charge on any atom is 0.141 e. The molecule has 1 aromatic heterocycles. The molecule has 0 spiro atoms. The maximum atomic E-state index is 9.33. The molecule has 1 aromatic rings. The van der Waals surface area contributed by atoms with Gasteiger partial charge in [-0.3, -0.25) is 0 Å². The van der Waals surface area contributed by atoms with Gasteiger partial charge in [-0.2, -0.15) is 0 Å². The van der Waals surface area contributed by atoms with Crippen LogP contribution in [0.5, 0.6) is 5.75 Å². The van der Waals surface area contributed by atoms with Crippen molar-refractivity contribution in [3.63, 3.8) is 0 Å². The monoisotopic (exact) mass is 227 g/mol. The number of aromatic nitrogens is 1. The topological polar surface area (TPSA) is 33.1 Å². The minimum atomic E-state index is 0.220. The molecular formula is C9H10BrNO. The van der Waals surface area contributed by atoms with Gasteiger partial charge in [-0.1, -0.05) is 22.0 Å². The molecule has 64 valence electrons. The van der Waals surface area contributed by atoms with Crippen LogP contribution in [0.25, 0.3) is 6.08 Å². The maximum absolute atomic E-state index is 9.33. The predicted octanol–water partition coefficient (Wildman–Crippen LogP) is 2.50. The largest absolute Gasteiger partial charge is 0.506 e. The molecule has 3 heteroatoms. The standard InChI is InChI=1S/C9H10BrNO/c1-7-4-5-9(12)8(11-7)3-2-6-10/h2-5,12H,6H2,1H3. The van der Waals surface area contributed by atoms with Gasteiger partial charge in [0, 0.05) is 11.0 Å². The summed E-state index contributed by atoms with van der Waals surface area (Å²) in [6.07, 6.45) is 3.68. The molecule has 0 aliphatic carbocycles. The Balaban J connectivity index is 2.97. The summed E-state index contributed by atoms with van der Waals surface area (Å²) in [6.45, 7) is 1.89. The van der Waals surface area contributed by atoms with Crippen molar-refractivity contribution in [2.75, 3.05) is 5.33 Å². The zero-order valence-electron chi connectivity index (χ0n) is 6.79. The Hall–Kier alpha value is -0.830. The third kappa shape index (κ3) is 2.34. The molecule has 0 amide bonds. The molecule has 0 unspecified atom stereocenters. The molecule has 0 bridgehead atoms. The number of halogens is 1. The van der Waals surface area contributed by atoms with E-state index in [-0.39, 0.29) is 5.75 Å². The van der Waals surface area contributed by atoms with E-state index in [4.69, 9.17) is 0 Å². The van der Waals surface area contributed by atoms with Crippen molar-refractivity contribution in [2.24, 2.45) is 0 Å². The number of allylic oxidation sites excluding steroid dienone is 1. The summed E-state index contributed by atoms with van der Waals surface area (Å²) in [5, 5.41) is 10.1. The average molecular weight is 228 g/mol. The van der Waals surface area contributed by atoms with Gasteiger partial charge < -0.3 is 5.11 Å². The number of hydrogen-bond acceptors (Lipinski definition) is 2. The van der Waals surface area contributed by atoms with Crippen molar-refractivity contribution >= 4 is 22.0 Å². The van der Waals surface area contributed by atoms with Gasteiger partial charge in [-0.25, -0.2) is 4.98 Å². The predicted molar refractivity (Wildman–Crippen MR) is 53.5 cm³/mol. The molecule has 0 saturated carbocycles. The fourth-order valence-corrected chi connectivity index (χ4v) is 1.04. The summed E-state index contributed by atoms with van der Waals surface area (Å²) in [7, 11) is 0. The Bertz CT molecular complexity index is 297. The zero-order valence-corrected chi connectivity index (χ0v) is 8.37. The van der Waals surface area contributed by atoms with Gasteiger partial charge in [0.2, 0.25) is 0 Å². The summed E-state index contributed by atoms with van der Waals surface area (Å²) >= 11 is 3.25. The van der Waals surface area contributed by atoms with E-state index in [0.717, 1.165) is 11.0 Å². The molecule has 1 N–H and O–H groups in total. The Morgan fingerprint density at radius 2 is 2.33 bits per heavy atom. The van der Waals surface area contributed by atoms with Gasteiger partial charge in [0.05, 0.1) is 0 Å². The van der Waals surface area contributed by atoms with E-state index in [1.54, 1.807) is 18.2 Å². The van der Waals surface area contributed by atoms with Crippen molar-refractivity contribution in [1.82, 2.24) is 4.98 Å². The molecule has 0 aliphatic rings. The van der Waals surface area contributed by atoms with Gasteiger partial charge in [0.1, 0.15) is 11.4 Å². The first-order valence-corrected chi connectivity index (χ1v) is 4.75. The summed E-state index contributed by atoms with van der Waals surface area (Å²) in [5.74, 6) is 0.220. The van der Waals surface area contributed by atoms with E-state index >= 15 is 0 Å². The number of hydrogen-bond donors (Lipinski definition) is 1. The highest BCUT2D eigenvalue weighted by Crippen LogP contribution is 2.15. The summed E-state index contributed by atoms with van der Waals surface area (Å²) in [6, 6.07) is 3.43. The Labute approximate surface area is 80.1 Å². The van der Waals surface area contributed by atoms with E-state index < -0.39 is 0 Å². The van der Waals surface area contributed by atoms with Crippen molar-refractivity contribution in [3.8, 4) is 5.75 Å². The molecule has 1 rings (SSSR count). The third-order valence-corrected chi connectivity index (χ3v) is 1.78. The summed E-state index contributed by atoms with van der Waals surface area (Å²) in [4.78, 5) is 4.15. The zero-order chi connectivity index (χ0) is 8.97. The Morgan fingerprint density at radius 1 is 1.58 bits per heavy atom. The van der Waals surface area contributed by atoms with Crippen LogP contribution in [0.3, 0.4) is 0 Å². The van der Waals surface area contributed by atoms with E-state index in [1.807, 2.05) is 13.0 Å². The minimum absolute atomic E-state index is 0.220. The van der Waals surface area contributed by atoms with Crippen LogP contribution in [-0.2, 0) is 0 Å². The van der Waals surface area contributed by atoms with E-state index in [2.05, 4.69) is 20.9 Å². The molecule has 0 saturated heterocycles. The second-order valence-corrected chi connectivity index (χ2v) is 3.06. The number of rotatable bonds is 2. The van der Waals surface area contributed by atoms with Gasteiger partial charge in [-0.15, -0.1) is 0 Å². The van der Waals surface area contributed by atoms with Crippen LogP contribution in [0.1, 0.15) is 11.4 Å². The lowest BCUT2D eigenvalue weighted by Crippen LogP contribution is -1.85. The first-order valence-electron chi connectivity index (χ1n) is 3.63. The lowest BCUT2D eigenvalue weighted by molar-refractivity contribution is 0.471. The molecule has 0 radical (unpaired) electrons. The number of pyridine rings is 1. The SMILES string of the molecule is Cc1ccc(O)c(C=CCBr)n1.